The van der Waals surface area contributed by atoms with E-state index in [0.29, 0.717) is 6.54 Å². The standard InChI is InChI=1S/C14H22N2O2/c1-10-7-13(12(3)15-10)14(17)9-16-5-4-6-18-11(2)8-16/h7,11,15H,4-6,8-9H2,1-3H3. The maximum absolute atomic E-state index is 12.3. The van der Waals surface area contributed by atoms with Crippen molar-refractivity contribution in [2.24, 2.45) is 0 Å². The summed E-state index contributed by atoms with van der Waals surface area (Å²) in [5.41, 5.74) is 2.84. The highest BCUT2D eigenvalue weighted by molar-refractivity contribution is 5.98. The molecule has 4 nitrogen and oxygen atoms in total. The van der Waals surface area contributed by atoms with E-state index in [9.17, 15) is 4.79 Å². The van der Waals surface area contributed by atoms with E-state index >= 15 is 0 Å². The molecule has 0 aliphatic carbocycles. The summed E-state index contributed by atoms with van der Waals surface area (Å²) >= 11 is 0. The van der Waals surface area contributed by atoms with Crippen LogP contribution in [-0.4, -0.2) is 48.0 Å². The van der Waals surface area contributed by atoms with Gasteiger partial charge in [-0.05, 0) is 33.3 Å². The predicted molar refractivity (Wildman–Crippen MR) is 71.1 cm³/mol. The lowest BCUT2D eigenvalue weighted by Gasteiger charge is -2.20. The molecule has 2 heterocycles. The number of aromatic amines is 1. The van der Waals surface area contributed by atoms with Crippen molar-refractivity contribution in [2.45, 2.75) is 33.3 Å². The van der Waals surface area contributed by atoms with Gasteiger partial charge in [0.15, 0.2) is 5.78 Å². The molecular weight excluding hydrogens is 228 g/mol. The van der Waals surface area contributed by atoms with E-state index < -0.39 is 0 Å². The van der Waals surface area contributed by atoms with Gasteiger partial charge in [0, 0.05) is 36.6 Å². The second kappa shape index (κ2) is 5.67. The van der Waals surface area contributed by atoms with Crippen LogP contribution < -0.4 is 0 Å². The molecule has 1 aromatic rings. The quantitative estimate of drug-likeness (QED) is 0.834. The van der Waals surface area contributed by atoms with Crippen LogP contribution in [0.2, 0.25) is 0 Å². The van der Waals surface area contributed by atoms with E-state index in [1.807, 2.05) is 19.9 Å². The van der Waals surface area contributed by atoms with E-state index in [2.05, 4.69) is 16.8 Å². The van der Waals surface area contributed by atoms with E-state index in [1.165, 1.54) is 0 Å². The summed E-state index contributed by atoms with van der Waals surface area (Å²) in [5.74, 6) is 0.200. The molecule has 0 aromatic carbocycles. The van der Waals surface area contributed by atoms with Crippen LogP contribution >= 0.6 is 0 Å². The Bertz CT molecular complexity index is 425. The van der Waals surface area contributed by atoms with Gasteiger partial charge in [-0.2, -0.15) is 0 Å². The van der Waals surface area contributed by atoms with Crippen molar-refractivity contribution < 1.29 is 9.53 Å². The summed E-state index contributed by atoms with van der Waals surface area (Å²) in [6.07, 6.45) is 1.22. The summed E-state index contributed by atoms with van der Waals surface area (Å²) in [4.78, 5) is 17.6. The maximum atomic E-state index is 12.3. The summed E-state index contributed by atoms with van der Waals surface area (Å²) in [5, 5.41) is 0. The lowest BCUT2D eigenvalue weighted by Crippen LogP contribution is -2.34. The maximum Gasteiger partial charge on any atom is 0.178 e. The van der Waals surface area contributed by atoms with Crippen molar-refractivity contribution in [2.75, 3.05) is 26.2 Å². The molecule has 0 amide bonds. The molecule has 0 radical (unpaired) electrons. The highest BCUT2D eigenvalue weighted by atomic mass is 16.5. The Morgan fingerprint density at radius 3 is 3.00 bits per heavy atom. The highest BCUT2D eigenvalue weighted by Gasteiger charge is 2.19. The summed E-state index contributed by atoms with van der Waals surface area (Å²) in [7, 11) is 0. The number of hydrogen-bond acceptors (Lipinski definition) is 3. The minimum atomic E-state index is 0.200. The first-order valence-electron chi connectivity index (χ1n) is 6.59. The van der Waals surface area contributed by atoms with Gasteiger partial charge < -0.3 is 9.72 Å². The zero-order valence-electron chi connectivity index (χ0n) is 11.5. The van der Waals surface area contributed by atoms with Crippen molar-refractivity contribution >= 4 is 5.78 Å². The van der Waals surface area contributed by atoms with Crippen LogP contribution in [0.25, 0.3) is 0 Å². The molecule has 1 aromatic heterocycles. The van der Waals surface area contributed by atoms with Gasteiger partial charge in [0.2, 0.25) is 0 Å². The monoisotopic (exact) mass is 250 g/mol. The molecule has 4 heteroatoms. The molecule has 0 spiro atoms. The van der Waals surface area contributed by atoms with Crippen molar-refractivity contribution in [3.05, 3.63) is 23.0 Å². The normalized spacial score (nSPS) is 21.8. The van der Waals surface area contributed by atoms with E-state index in [0.717, 1.165) is 43.1 Å². The molecular formula is C14H22N2O2. The molecule has 18 heavy (non-hydrogen) atoms. The van der Waals surface area contributed by atoms with Crippen LogP contribution in [0.1, 0.15) is 35.1 Å². The van der Waals surface area contributed by atoms with Gasteiger partial charge in [-0.3, -0.25) is 9.69 Å². The van der Waals surface area contributed by atoms with Crippen molar-refractivity contribution in [1.82, 2.24) is 9.88 Å². The third-order valence-corrected chi connectivity index (χ3v) is 3.35. The van der Waals surface area contributed by atoms with Gasteiger partial charge in [0.1, 0.15) is 0 Å². The van der Waals surface area contributed by atoms with Gasteiger partial charge in [0.25, 0.3) is 0 Å². The van der Waals surface area contributed by atoms with Gasteiger partial charge in [0.05, 0.1) is 12.6 Å². The van der Waals surface area contributed by atoms with Gasteiger partial charge >= 0.3 is 0 Å². The largest absolute Gasteiger partial charge is 0.377 e. The Morgan fingerprint density at radius 1 is 1.56 bits per heavy atom. The number of rotatable bonds is 3. The number of aromatic nitrogens is 1. The SMILES string of the molecule is Cc1cc(C(=O)CN2CCCOC(C)C2)c(C)[nH]1. The van der Waals surface area contributed by atoms with Crippen LogP contribution in [0.3, 0.4) is 0 Å². The van der Waals surface area contributed by atoms with Gasteiger partial charge in [-0.25, -0.2) is 0 Å². The number of ether oxygens (including phenoxy) is 1. The summed E-state index contributed by atoms with van der Waals surface area (Å²) in [6.45, 7) is 9.07. The fourth-order valence-corrected chi connectivity index (χ4v) is 2.53. The average molecular weight is 250 g/mol. The lowest BCUT2D eigenvalue weighted by molar-refractivity contribution is 0.0657. The molecule has 1 saturated heterocycles. The molecule has 1 N–H and O–H groups in total. The molecule has 1 unspecified atom stereocenters. The zero-order chi connectivity index (χ0) is 13.1. The number of Topliss-reactive ketones (excluding diaryl/α,β-unsaturated/α-hetero) is 1. The minimum absolute atomic E-state index is 0.200. The van der Waals surface area contributed by atoms with Crippen LogP contribution in [0.15, 0.2) is 6.07 Å². The Labute approximate surface area is 108 Å². The van der Waals surface area contributed by atoms with E-state index in [1.54, 1.807) is 0 Å². The molecule has 2 rings (SSSR count). The van der Waals surface area contributed by atoms with Crippen molar-refractivity contribution in [3.63, 3.8) is 0 Å². The number of nitrogens with zero attached hydrogens (tertiary/aromatic N) is 1. The first kappa shape index (κ1) is 13.3. The third kappa shape index (κ3) is 3.21. The second-order valence-electron chi connectivity index (χ2n) is 5.18. The molecule has 1 fully saturated rings. The molecule has 100 valence electrons. The molecule has 1 aliphatic heterocycles. The third-order valence-electron chi connectivity index (χ3n) is 3.35. The van der Waals surface area contributed by atoms with Crippen molar-refractivity contribution in [3.8, 4) is 0 Å². The summed E-state index contributed by atoms with van der Waals surface area (Å²) < 4.78 is 5.59. The first-order chi connectivity index (χ1) is 8.56. The fourth-order valence-electron chi connectivity index (χ4n) is 2.53. The summed E-state index contributed by atoms with van der Waals surface area (Å²) in [6, 6.07) is 1.94. The Morgan fingerprint density at radius 2 is 2.33 bits per heavy atom. The number of H-pyrrole nitrogens is 1. The fraction of sp³-hybridized carbons (Fsp3) is 0.643. The molecule has 0 saturated carbocycles. The average Bonchev–Trinajstić information content (AvgIpc) is 2.50. The number of ketones is 1. The lowest BCUT2D eigenvalue weighted by atomic mass is 10.1. The Balaban J connectivity index is 2.00. The van der Waals surface area contributed by atoms with Gasteiger partial charge in [-0.1, -0.05) is 0 Å². The van der Waals surface area contributed by atoms with Crippen LogP contribution in [0.5, 0.6) is 0 Å². The highest BCUT2D eigenvalue weighted by Crippen LogP contribution is 2.12. The smallest absolute Gasteiger partial charge is 0.178 e. The van der Waals surface area contributed by atoms with Crippen LogP contribution in [0, 0.1) is 13.8 Å². The molecule has 1 atom stereocenters. The number of hydrogen-bond donors (Lipinski definition) is 1. The number of carbonyl (C=O) groups excluding carboxylic acids is 1. The van der Waals surface area contributed by atoms with E-state index in [-0.39, 0.29) is 11.9 Å². The van der Waals surface area contributed by atoms with E-state index in [4.69, 9.17) is 4.74 Å². The van der Waals surface area contributed by atoms with Gasteiger partial charge in [-0.15, -0.1) is 0 Å². The van der Waals surface area contributed by atoms with Crippen LogP contribution in [-0.2, 0) is 4.74 Å². The predicted octanol–water partition coefficient (Wildman–Crippen LogP) is 1.93. The van der Waals surface area contributed by atoms with Crippen LogP contribution in [0.4, 0.5) is 0 Å². The number of aryl methyl sites for hydroxylation is 2. The Kier molecular flexibility index (Phi) is 4.19. The molecule has 0 bridgehead atoms. The Hall–Kier alpha value is -1.13. The molecule has 1 aliphatic rings. The number of carbonyl (C=O) groups is 1. The first-order valence-corrected chi connectivity index (χ1v) is 6.59. The zero-order valence-corrected chi connectivity index (χ0v) is 11.5. The number of nitrogens with one attached hydrogen (secondary N) is 1. The minimum Gasteiger partial charge on any atom is -0.377 e. The second-order valence-corrected chi connectivity index (χ2v) is 5.18. The van der Waals surface area contributed by atoms with Crippen molar-refractivity contribution in [1.29, 1.82) is 0 Å². The topological polar surface area (TPSA) is 45.3 Å².